The van der Waals surface area contributed by atoms with E-state index in [0.717, 1.165) is 12.8 Å². The van der Waals surface area contributed by atoms with Crippen LogP contribution in [0.15, 0.2) is 0 Å². The van der Waals surface area contributed by atoms with Crippen molar-refractivity contribution in [1.82, 2.24) is 4.90 Å². The Morgan fingerprint density at radius 1 is 1.22 bits per heavy atom. The fourth-order valence-corrected chi connectivity index (χ4v) is 2.65. The molecule has 2 atom stereocenters. The van der Waals surface area contributed by atoms with Gasteiger partial charge < -0.3 is 19.1 Å². The summed E-state index contributed by atoms with van der Waals surface area (Å²) in [4.78, 5) is 36.7. The minimum absolute atomic E-state index is 0.0518. The maximum Gasteiger partial charge on any atom is 0.410 e. The van der Waals surface area contributed by atoms with Crippen LogP contribution in [-0.4, -0.2) is 54.8 Å². The summed E-state index contributed by atoms with van der Waals surface area (Å²) >= 11 is 0. The molecule has 0 aromatic rings. The van der Waals surface area contributed by atoms with Crippen molar-refractivity contribution < 1.29 is 28.6 Å². The van der Waals surface area contributed by atoms with E-state index in [1.165, 1.54) is 14.0 Å². The second-order valence-electron chi connectivity index (χ2n) is 6.73. The molecule has 1 aliphatic rings. The molecule has 1 fully saturated rings. The van der Waals surface area contributed by atoms with Gasteiger partial charge >= 0.3 is 18.0 Å². The molecule has 0 radical (unpaired) electrons. The first-order valence-corrected chi connectivity index (χ1v) is 7.84. The molecule has 1 aliphatic heterocycles. The van der Waals surface area contributed by atoms with Gasteiger partial charge in [0.1, 0.15) is 12.2 Å². The number of likely N-dealkylation sites (tertiary alicyclic amines) is 1. The lowest BCUT2D eigenvalue weighted by atomic mass is 9.87. The first kappa shape index (κ1) is 19.3. The SMILES string of the molecule is COC(=O)C[C@H]1CCCN(C(=O)OC(C)(C)C)[C@@H]1COC(C)=O. The number of esters is 2. The number of methoxy groups -OCH3 is 1. The van der Waals surface area contributed by atoms with Crippen molar-refractivity contribution in [3.63, 3.8) is 0 Å². The molecule has 0 aromatic carbocycles. The Morgan fingerprint density at radius 3 is 2.39 bits per heavy atom. The number of amides is 1. The third-order valence-corrected chi connectivity index (χ3v) is 3.66. The molecule has 0 bridgehead atoms. The number of hydrogen-bond acceptors (Lipinski definition) is 6. The highest BCUT2D eigenvalue weighted by Gasteiger charge is 2.38. The fourth-order valence-electron chi connectivity index (χ4n) is 2.65. The van der Waals surface area contributed by atoms with Crippen LogP contribution >= 0.6 is 0 Å². The molecule has 1 heterocycles. The lowest BCUT2D eigenvalue weighted by Gasteiger charge is -2.40. The van der Waals surface area contributed by atoms with E-state index in [4.69, 9.17) is 14.2 Å². The van der Waals surface area contributed by atoms with Gasteiger partial charge in [-0.05, 0) is 39.5 Å². The van der Waals surface area contributed by atoms with Gasteiger partial charge in [-0.15, -0.1) is 0 Å². The standard InChI is InChI=1S/C16H27NO6/c1-11(18)22-10-13-12(9-14(19)21-5)7-6-8-17(13)15(20)23-16(2,3)4/h12-13H,6-10H2,1-5H3/t12-,13-/m1/s1. The Balaban J connectivity index is 2.88. The van der Waals surface area contributed by atoms with Gasteiger partial charge in [-0.25, -0.2) is 4.79 Å². The Hall–Kier alpha value is -1.79. The highest BCUT2D eigenvalue weighted by Crippen LogP contribution is 2.28. The molecule has 23 heavy (non-hydrogen) atoms. The average molecular weight is 329 g/mol. The second kappa shape index (κ2) is 8.17. The second-order valence-corrected chi connectivity index (χ2v) is 6.73. The maximum absolute atomic E-state index is 12.4. The molecular weight excluding hydrogens is 302 g/mol. The van der Waals surface area contributed by atoms with Gasteiger partial charge in [0.25, 0.3) is 0 Å². The van der Waals surface area contributed by atoms with Gasteiger partial charge in [0.2, 0.25) is 0 Å². The van der Waals surface area contributed by atoms with Crippen LogP contribution in [0.25, 0.3) is 0 Å². The van der Waals surface area contributed by atoms with Crippen LogP contribution in [0.3, 0.4) is 0 Å². The summed E-state index contributed by atoms with van der Waals surface area (Å²) in [7, 11) is 1.33. The fraction of sp³-hybridized carbons (Fsp3) is 0.812. The molecule has 0 aromatic heterocycles. The van der Waals surface area contributed by atoms with Gasteiger partial charge in [-0.1, -0.05) is 0 Å². The smallest absolute Gasteiger partial charge is 0.410 e. The Kier molecular flexibility index (Phi) is 6.84. The van der Waals surface area contributed by atoms with Gasteiger partial charge in [-0.2, -0.15) is 0 Å². The number of nitrogens with zero attached hydrogens (tertiary/aromatic N) is 1. The monoisotopic (exact) mass is 329 g/mol. The Morgan fingerprint density at radius 2 is 1.87 bits per heavy atom. The van der Waals surface area contributed by atoms with Crippen LogP contribution in [-0.2, 0) is 23.8 Å². The zero-order chi connectivity index (χ0) is 17.6. The highest BCUT2D eigenvalue weighted by atomic mass is 16.6. The number of hydrogen-bond donors (Lipinski definition) is 0. The van der Waals surface area contributed by atoms with Crippen LogP contribution in [0.4, 0.5) is 4.79 Å². The summed E-state index contributed by atoms with van der Waals surface area (Å²) in [6.45, 7) is 7.26. The third kappa shape index (κ3) is 6.46. The number of ether oxygens (including phenoxy) is 3. The summed E-state index contributed by atoms with van der Waals surface area (Å²) in [5, 5.41) is 0. The van der Waals surface area contributed by atoms with E-state index in [-0.39, 0.29) is 31.0 Å². The van der Waals surface area contributed by atoms with E-state index in [9.17, 15) is 14.4 Å². The van der Waals surface area contributed by atoms with E-state index in [1.807, 2.05) is 0 Å². The van der Waals surface area contributed by atoms with Crippen molar-refractivity contribution >= 4 is 18.0 Å². The van der Waals surface area contributed by atoms with Gasteiger partial charge in [0.05, 0.1) is 19.6 Å². The minimum Gasteiger partial charge on any atom is -0.469 e. The van der Waals surface area contributed by atoms with Crippen LogP contribution < -0.4 is 0 Å². The molecule has 1 rings (SSSR count). The van der Waals surface area contributed by atoms with Gasteiger partial charge in [-0.3, -0.25) is 9.59 Å². The van der Waals surface area contributed by atoms with Crippen LogP contribution in [0.5, 0.6) is 0 Å². The highest BCUT2D eigenvalue weighted by molar-refractivity contribution is 5.71. The first-order chi connectivity index (χ1) is 10.6. The van der Waals surface area contributed by atoms with E-state index in [2.05, 4.69) is 0 Å². The Bertz CT molecular complexity index is 442. The van der Waals surface area contributed by atoms with Crippen molar-refractivity contribution in [3.05, 3.63) is 0 Å². The molecular formula is C16H27NO6. The lowest BCUT2D eigenvalue weighted by Crippen LogP contribution is -2.52. The van der Waals surface area contributed by atoms with E-state index >= 15 is 0 Å². The van der Waals surface area contributed by atoms with Crippen LogP contribution in [0.2, 0.25) is 0 Å². The van der Waals surface area contributed by atoms with Gasteiger partial charge in [0, 0.05) is 13.5 Å². The Labute approximate surface area is 137 Å². The first-order valence-electron chi connectivity index (χ1n) is 7.84. The molecule has 0 saturated carbocycles. The van der Waals surface area contributed by atoms with Crippen molar-refractivity contribution in [1.29, 1.82) is 0 Å². The molecule has 1 saturated heterocycles. The molecule has 7 heteroatoms. The predicted octanol–water partition coefficient (Wildman–Crippen LogP) is 2.13. The predicted molar refractivity (Wildman–Crippen MR) is 82.7 cm³/mol. The molecule has 7 nitrogen and oxygen atoms in total. The van der Waals surface area contributed by atoms with Crippen molar-refractivity contribution in [2.45, 2.75) is 58.6 Å². The zero-order valence-corrected chi connectivity index (χ0v) is 14.6. The van der Waals surface area contributed by atoms with Crippen LogP contribution in [0.1, 0.15) is 47.0 Å². The number of carbonyl (C=O) groups excluding carboxylic acids is 3. The summed E-state index contributed by atoms with van der Waals surface area (Å²) in [6, 6.07) is -0.387. The summed E-state index contributed by atoms with van der Waals surface area (Å²) in [6.07, 6.45) is 1.25. The average Bonchev–Trinajstić information content (AvgIpc) is 2.43. The quantitative estimate of drug-likeness (QED) is 0.580. The van der Waals surface area contributed by atoms with E-state index in [0.29, 0.717) is 6.54 Å². The third-order valence-electron chi connectivity index (χ3n) is 3.66. The molecule has 0 spiro atoms. The molecule has 1 amide bonds. The normalized spacial score (nSPS) is 21.5. The summed E-state index contributed by atoms with van der Waals surface area (Å²) in [5.41, 5.74) is -0.613. The molecule has 0 aliphatic carbocycles. The summed E-state index contributed by atoms with van der Waals surface area (Å²) < 4.78 is 15.2. The lowest BCUT2D eigenvalue weighted by molar-refractivity contribution is -0.146. The topological polar surface area (TPSA) is 82.1 Å². The minimum atomic E-state index is -0.613. The van der Waals surface area contributed by atoms with Gasteiger partial charge in [0.15, 0.2) is 0 Å². The number of carbonyl (C=O) groups is 3. The van der Waals surface area contributed by atoms with Crippen molar-refractivity contribution in [3.8, 4) is 0 Å². The molecule has 0 N–H and O–H groups in total. The van der Waals surface area contributed by atoms with Crippen molar-refractivity contribution in [2.75, 3.05) is 20.3 Å². The summed E-state index contributed by atoms with van der Waals surface area (Å²) in [5.74, 6) is -0.881. The molecule has 0 unspecified atom stereocenters. The molecule has 132 valence electrons. The van der Waals surface area contributed by atoms with E-state index in [1.54, 1.807) is 25.7 Å². The number of rotatable bonds is 4. The van der Waals surface area contributed by atoms with Crippen molar-refractivity contribution in [2.24, 2.45) is 5.92 Å². The maximum atomic E-state index is 12.4. The zero-order valence-electron chi connectivity index (χ0n) is 14.6. The number of piperidine rings is 1. The van der Waals surface area contributed by atoms with Crippen LogP contribution in [0, 0.1) is 5.92 Å². The largest absolute Gasteiger partial charge is 0.469 e. The van der Waals surface area contributed by atoms with E-state index < -0.39 is 17.7 Å².